The van der Waals surface area contributed by atoms with Gasteiger partial charge in [-0.1, -0.05) is 56.3 Å². The zero-order chi connectivity index (χ0) is 19.9. The number of fused-ring (bicyclic) bond motifs is 1. The molecule has 2 unspecified atom stereocenters. The fourth-order valence-electron chi connectivity index (χ4n) is 3.75. The van der Waals surface area contributed by atoms with Crippen molar-refractivity contribution < 1.29 is 9.59 Å². The molecule has 3 rings (SSSR count). The van der Waals surface area contributed by atoms with Crippen LogP contribution in [0.1, 0.15) is 32.3 Å². The number of carbonyl (C=O) groups is 2. The molecule has 1 aliphatic heterocycles. The third-order valence-electron chi connectivity index (χ3n) is 5.41. The van der Waals surface area contributed by atoms with Crippen LogP contribution in [0.15, 0.2) is 42.5 Å². The Labute approximate surface area is 179 Å². The van der Waals surface area contributed by atoms with E-state index in [0.29, 0.717) is 12.5 Å². The van der Waals surface area contributed by atoms with E-state index in [1.165, 1.54) is 0 Å². The summed E-state index contributed by atoms with van der Waals surface area (Å²) in [4.78, 5) is 25.2. The molecule has 2 aromatic rings. The zero-order valence-corrected chi connectivity index (χ0v) is 18.1. The maximum absolute atomic E-state index is 12.6. The molecule has 6 heteroatoms. The van der Waals surface area contributed by atoms with Gasteiger partial charge in [-0.25, -0.2) is 0 Å². The standard InChI is InChI=1S/C23H31N3O2.ClH/c1-16(2)22(23(28)25-15-18-6-5-11-24-14-18)26-21(27)13-17-9-10-19-7-3-4-8-20(19)12-17;/h3-4,7-10,12,16,18,22,24H,5-6,11,13-15H2,1-2H3,(H,25,28)(H,26,27);1H. The number of rotatable bonds is 7. The first-order valence-electron chi connectivity index (χ1n) is 10.3. The van der Waals surface area contributed by atoms with Crippen molar-refractivity contribution in [2.75, 3.05) is 19.6 Å². The number of hydrogen-bond donors (Lipinski definition) is 3. The lowest BCUT2D eigenvalue weighted by atomic mass is 9.98. The van der Waals surface area contributed by atoms with Gasteiger partial charge in [0.1, 0.15) is 6.04 Å². The first kappa shape index (κ1) is 23.2. The van der Waals surface area contributed by atoms with Crippen LogP contribution < -0.4 is 16.0 Å². The summed E-state index contributed by atoms with van der Waals surface area (Å²) in [6.07, 6.45) is 2.55. The molecule has 0 saturated carbocycles. The third kappa shape index (κ3) is 6.72. The molecule has 2 aromatic carbocycles. The average molecular weight is 418 g/mol. The highest BCUT2D eigenvalue weighted by molar-refractivity contribution is 5.89. The van der Waals surface area contributed by atoms with Gasteiger partial charge in [0.05, 0.1) is 6.42 Å². The van der Waals surface area contributed by atoms with Gasteiger partial charge < -0.3 is 16.0 Å². The van der Waals surface area contributed by atoms with Crippen LogP contribution in [0.25, 0.3) is 10.8 Å². The van der Waals surface area contributed by atoms with E-state index in [1.54, 1.807) is 0 Å². The van der Waals surface area contributed by atoms with E-state index < -0.39 is 6.04 Å². The molecule has 158 valence electrons. The van der Waals surface area contributed by atoms with Crippen LogP contribution in [0.5, 0.6) is 0 Å². The van der Waals surface area contributed by atoms with Gasteiger partial charge in [-0.15, -0.1) is 12.4 Å². The van der Waals surface area contributed by atoms with E-state index in [-0.39, 0.29) is 36.6 Å². The van der Waals surface area contributed by atoms with Crippen molar-refractivity contribution >= 4 is 35.0 Å². The Morgan fingerprint density at radius 3 is 2.59 bits per heavy atom. The summed E-state index contributed by atoms with van der Waals surface area (Å²) in [5.74, 6) is 0.291. The molecule has 5 nitrogen and oxygen atoms in total. The Balaban J connectivity index is 0.00000300. The van der Waals surface area contributed by atoms with Gasteiger partial charge in [-0.05, 0) is 54.1 Å². The molecule has 0 aromatic heterocycles. The van der Waals surface area contributed by atoms with Gasteiger partial charge in [-0.2, -0.15) is 0 Å². The molecule has 0 radical (unpaired) electrons. The minimum atomic E-state index is -0.510. The van der Waals surface area contributed by atoms with Crippen molar-refractivity contribution in [1.29, 1.82) is 0 Å². The van der Waals surface area contributed by atoms with Gasteiger partial charge in [-0.3, -0.25) is 9.59 Å². The molecular formula is C23H32ClN3O2. The lowest BCUT2D eigenvalue weighted by Crippen LogP contribution is -2.51. The van der Waals surface area contributed by atoms with Crippen LogP contribution in [0, 0.1) is 11.8 Å². The predicted molar refractivity (Wildman–Crippen MR) is 120 cm³/mol. The maximum Gasteiger partial charge on any atom is 0.242 e. The number of piperidine rings is 1. The first-order chi connectivity index (χ1) is 13.5. The zero-order valence-electron chi connectivity index (χ0n) is 17.2. The topological polar surface area (TPSA) is 70.2 Å². The van der Waals surface area contributed by atoms with Crippen LogP contribution in [0.3, 0.4) is 0 Å². The number of carbonyl (C=O) groups excluding carboxylic acids is 2. The fourth-order valence-corrected chi connectivity index (χ4v) is 3.75. The van der Waals surface area contributed by atoms with Crippen molar-refractivity contribution in [3.63, 3.8) is 0 Å². The maximum atomic E-state index is 12.6. The number of hydrogen-bond acceptors (Lipinski definition) is 3. The summed E-state index contributed by atoms with van der Waals surface area (Å²) < 4.78 is 0. The van der Waals surface area contributed by atoms with Crippen LogP contribution in [0.2, 0.25) is 0 Å². The molecule has 1 aliphatic rings. The van der Waals surface area contributed by atoms with Gasteiger partial charge in [0.2, 0.25) is 11.8 Å². The molecular weight excluding hydrogens is 386 g/mol. The number of benzene rings is 2. The van der Waals surface area contributed by atoms with Gasteiger partial charge >= 0.3 is 0 Å². The number of nitrogens with one attached hydrogen (secondary N) is 3. The lowest BCUT2D eigenvalue weighted by molar-refractivity contribution is -0.129. The molecule has 0 spiro atoms. The summed E-state index contributed by atoms with van der Waals surface area (Å²) >= 11 is 0. The van der Waals surface area contributed by atoms with Crippen molar-refractivity contribution in [3.05, 3.63) is 48.0 Å². The Bertz CT molecular complexity index is 819. The Kier molecular flexibility index (Phi) is 8.93. The molecule has 3 N–H and O–H groups in total. The van der Waals surface area contributed by atoms with E-state index in [2.05, 4.69) is 22.0 Å². The first-order valence-corrected chi connectivity index (χ1v) is 10.3. The van der Waals surface area contributed by atoms with Crippen LogP contribution in [0.4, 0.5) is 0 Å². The molecule has 29 heavy (non-hydrogen) atoms. The average Bonchev–Trinajstić information content (AvgIpc) is 2.70. The van der Waals surface area contributed by atoms with Crippen molar-refractivity contribution in [2.24, 2.45) is 11.8 Å². The highest BCUT2D eigenvalue weighted by atomic mass is 35.5. The second-order valence-electron chi connectivity index (χ2n) is 8.11. The van der Waals surface area contributed by atoms with Crippen molar-refractivity contribution in [2.45, 2.75) is 39.2 Å². The van der Waals surface area contributed by atoms with E-state index in [4.69, 9.17) is 0 Å². The van der Waals surface area contributed by atoms with E-state index in [9.17, 15) is 9.59 Å². The van der Waals surface area contributed by atoms with Gasteiger partial charge in [0, 0.05) is 6.54 Å². The van der Waals surface area contributed by atoms with E-state index in [1.807, 2.05) is 50.2 Å². The SMILES string of the molecule is CC(C)C(NC(=O)Cc1ccc2ccccc2c1)C(=O)NCC1CCCNC1.Cl. The normalized spacial score (nSPS) is 17.4. The second-order valence-corrected chi connectivity index (χ2v) is 8.11. The highest BCUT2D eigenvalue weighted by Gasteiger charge is 2.25. The minimum Gasteiger partial charge on any atom is -0.354 e. The second kappa shape index (κ2) is 11.2. The lowest BCUT2D eigenvalue weighted by Gasteiger charge is -2.26. The van der Waals surface area contributed by atoms with Crippen LogP contribution in [-0.2, 0) is 16.0 Å². The summed E-state index contributed by atoms with van der Waals surface area (Å²) in [5, 5.41) is 11.6. The monoisotopic (exact) mass is 417 g/mol. The molecule has 1 fully saturated rings. The van der Waals surface area contributed by atoms with Gasteiger partial charge in [0.25, 0.3) is 0 Å². The highest BCUT2D eigenvalue weighted by Crippen LogP contribution is 2.16. The van der Waals surface area contributed by atoms with Crippen LogP contribution in [-0.4, -0.2) is 37.5 Å². The minimum absolute atomic E-state index is 0. The molecule has 0 bridgehead atoms. The van der Waals surface area contributed by atoms with Crippen molar-refractivity contribution in [3.8, 4) is 0 Å². The van der Waals surface area contributed by atoms with Gasteiger partial charge in [0.15, 0.2) is 0 Å². The molecule has 2 atom stereocenters. The Hall–Kier alpha value is -2.11. The third-order valence-corrected chi connectivity index (χ3v) is 5.41. The summed E-state index contributed by atoms with van der Waals surface area (Å²) in [5.41, 5.74) is 0.951. The largest absolute Gasteiger partial charge is 0.354 e. The summed E-state index contributed by atoms with van der Waals surface area (Å²) in [6.45, 7) is 6.59. The molecule has 2 amide bonds. The smallest absolute Gasteiger partial charge is 0.242 e. The Morgan fingerprint density at radius 2 is 1.90 bits per heavy atom. The van der Waals surface area contributed by atoms with Crippen LogP contribution >= 0.6 is 12.4 Å². The predicted octanol–water partition coefficient (Wildman–Crippen LogP) is 3.06. The Morgan fingerprint density at radius 1 is 1.14 bits per heavy atom. The van der Waals surface area contributed by atoms with Crippen molar-refractivity contribution in [1.82, 2.24) is 16.0 Å². The summed E-state index contributed by atoms with van der Waals surface area (Å²) in [7, 11) is 0. The number of halogens is 1. The molecule has 0 aliphatic carbocycles. The molecule has 1 heterocycles. The van der Waals surface area contributed by atoms with E-state index >= 15 is 0 Å². The summed E-state index contributed by atoms with van der Waals surface area (Å²) in [6, 6.07) is 13.6. The number of amides is 2. The molecule has 1 saturated heterocycles. The van der Waals surface area contributed by atoms with E-state index in [0.717, 1.165) is 42.3 Å². The quantitative estimate of drug-likeness (QED) is 0.648. The fraction of sp³-hybridized carbons (Fsp3) is 0.478.